The molecule has 0 fully saturated rings. The van der Waals surface area contributed by atoms with Crippen LogP contribution in [-0.4, -0.2) is 5.11 Å². The Morgan fingerprint density at radius 1 is 1.00 bits per heavy atom. The molecule has 2 aromatic rings. The summed E-state index contributed by atoms with van der Waals surface area (Å²) in [6.07, 6.45) is 0. The van der Waals surface area contributed by atoms with Crippen molar-refractivity contribution >= 4 is 0 Å². The van der Waals surface area contributed by atoms with Crippen LogP contribution in [0.4, 0.5) is 0 Å². The Kier molecular flexibility index (Phi) is 3.16. The molecule has 0 amide bonds. The number of hydrogen-bond donors (Lipinski definition) is 2. The quantitative estimate of drug-likeness (QED) is 0.828. The van der Waals surface area contributed by atoms with Gasteiger partial charge in [-0.3, -0.25) is 0 Å². The lowest BCUT2D eigenvalue weighted by Gasteiger charge is -2.18. The molecule has 2 aromatic carbocycles. The van der Waals surface area contributed by atoms with E-state index in [0.29, 0.717) is 5.75 Å². The first kappa shape index (κ1) is 11.7. The summed E-state index contributed by atoms with van der Waals surface area (Å²) < 4.78 is 0. The first-order valence-corrected chi connectivity index (χ1v) is 5.70. The van der Waals surface area contributed by atoms with Crippen LogP contribution in [-0.2, 0) is 0 Å². The Hall–Kier alpha value is -1.80. The molecule has 1 atom stereocenters. The van der Waals surface area contributed by atoms with E-state index in [1.54, 1.807) is 12.1 Å². The number of phenols is 1. The molecule has 0 spiro atoms. The van der Waals surface area contributed by atoms with Crippen molar-refractivity contribution in [1.29, 1.82) is 0 Å². The first-order chi connectivity index (χ1) is 8.09. The Morgan fingerprint density at radius 3 is 2.06 bits per heavy atom. The van der Waals surface area contributed by atoms with Crippen LogP contribution in [0.3, 0.4) is 0 Å². The largest absolute Gasteiger partial charge is 0.508 e. The van der Waals surface area contributed by atoms with Crippen molar-refractivity contribution in [3.8, 4) is 5.75 Å². The van der Waals surface area contributed by atoms with Gasteiger partial charge in [-0.05, 0) is 48.2 Å². The zero-order chi connectivity index (χ0) is 12.4. The summed E-state index contributed by atoms with van der Waals surface area (Å²) in [5, 5.41) is 9.53. The predicted molar refractivity (Wildman–Crippen MR) is 70.1 cm³/mol. The van der Waals surface area contributed by atoms with Crippen LogP contribution < -0.4 is 5.73 Å². The second kappa shape index (κ2) is 4.60. The molecule has 2 nitrogen and oxygen atoms in total. The van der Waals surface area contributed by atoms with Gasteiger partial charge in [0.15, 0.2) is 0 Å². The maximum atomic E-state index is 9.53. The van der Waals surface area contributed by atoms with Crippen molar-refractivity contribution in [1.82, 2.24) is 0 Å². The van der Waals surface area contributed by atoms with E-state index in [4.69, 9.17) is 5.73 Å². The fourth-order valence-corrected chi connectivity index (χ4v) is 2.27. The van der Waals surface area contributed by atoms with Gasteiger partial charge in [0.1, 0.15) is 5.75 Å². The third kappa shape index (κ3) is 2.32. The van der Waals surface area contributed by atoms with Crippen LogP contribution in [0.15, 0.2) is 42.5 Å². The lowest BCUT2D eigenvalue weighted by atomic mass is 9.92. The molecule has 0 aliphatic carbocycles. The van der Waals surface area contributed by atoms with Gasteiger partial charge in [-0.15, -0.1) is 0 Å². The SMILES string of the molecule is Cc1cc(O)cc(C)c1C(N)c1ccccc1. The topological polar surface area (TPSA) is 46.2 Å². The van der Waals surface area contributed by atoms with E-state index in [9.17, 15) is 5.11 Å². The Balaban J connectivity index is 2.48. The van der Waals surface area contributed by atoms with Crippen molar-refractivity contribution in [2.75, 3.05) is 0 Å². The monoisotopic (exact) mass is 227 g/mol. The lowest BCUT2D eigenvalue weighted by molar-refractivity contribution is 0.474. The van der Waals surface area contributed by atoms with Gasteiger partial charge in [0.05, 0.1) is 6.04 Å². The molecule has 2 rings (SSSR count). The Morgan fingerprint density at radius 2 is 1.53 bits per heavy atom. The minimum absolute atomic E-state index is 0.142. The third-order valence-corrected chi connectivity index (χ3v) is 3.05. The summed E-state index contributed by atoms with van der Waals surface area (Å²) in [6.45, 7) is 3.95. The molecule has 0 radical (unpaired) electrons. The molecular formula is C15H17NO. The molecule has 17 heavy (non-hydrogen) atoms. The summed E-state index contributed by atoms with van der Waals surface area (Å²) in [6, 6.07) is 13.4. The van der Waals surface area contributed by atoms with Crippen molar-refractivity contribution < 1.29 is 5.11 Å². The molecule has 0 aliphatic rings. The minimum atomic E-state index is -0.142. The maximum Gasteiger partial charge on any atom is 0.116 e. The van der Waals surface area contributed by atoms with Gasteiger partial charge >= 0.3 is 0 Å². The van der Waals surface area contributed by atoms with Gasteiger partial charge in [0.25, 0.3) is 0 Å². The molecule has 3 N–H and O–H groups in total. The average Bonchev–Trinajstić information content (AvgIpc) is 2.28. The van der Waals surface area contributed by atoms with E-state index in [0.717, 1.165) is 22.3 Å². The van der Waals surface area contributed by atoms with Gasteiger partial charge in [0, 0.05) is 0 Å². The van der Waals surface area contributed by atoms with E-state index < -0.39 is 0 Å². The summed E-state index contributed by atoms with van der Waals surface area (Å²) in [5.41, 5.74) is 10.5. The summed E-state index contributed by atoms with van der Waals surface area (Å²) in [7, 11) is 0. The molecule has 0 saturated heterocycles. The molecule has 0 heterocycles. The summed E-state index contributed by atoms with van der Waals surface area (Å²) in [4.78, 5) is 0. The first-order valence-electron chi connectivity index (χ1n) is 5.70. The molecule has 1 unspecified atom stereocenters. The van der Waals surface area contributed by atoms with Gasteiger partial charge in [0.2, 0.25) is 0 Å². The standard InChI is InChI=1S/C15H17NO/c1-10-8-13(17)9-11(2)14(10)15(16)12-6-4-3-5-7-12/h3-9,15,17H,16H2,1-2H3. The Labute approximate surface area is 102 Å². The van der Waals surface area contributed by atoms with Gasteiger partial charge in [-0.1, -0.05) is 30.3 Å². The molecular weight excluding hydrogens is 210 g/mol. The normalized spacial score (nSPS) is 12.4. The maximum absolute atomic E-state index is 9.53. The number of aryl methyl sites for hydroxylation is 2. The van der Waals surface area contributed by atoms with Crippen molar-refractivity contribution in [2.45, 2.75) is 19.9 Å². The molecule has 0 aromatic heterocycles. The summed E-state index contributed by atoms with van der Waals surface area (Å²) >= 11 is 0. The van der Waals surface area contributed by atoms with Crippen LogP contribution in [0, 0.1) is 13.8 Å². The highest BCUT2D eigenvalue weighted by Gasteiger charge is 2.14. The lowest BCUT2D eigenvalue weighted by Crippen LogP contribution is -2.14. The van der Waals surface area contributed by atoms with Crippen molar-refractivity contribution in [2.24, 2.45) is 5.73 Å². The molecule has 0 bridgehead atoms. The van der Waals surface area contributed by atoms with E-state index in [-0.39, 0.29) is 6.04 Å². The number of phenolic OH excluding ortho intramolecular Hbond substituents is 1. The molecule has 0 saturated carbocycles. The van der Waals surface area contributed by atoms with Crippen LogP contribution in [0.2, 0.25) is 0 Å². The highest BCUT2D eigenvalue weighted by atomic mass is 16.3. The minimum Gasteiger partial charge on any atom is -0.508 e. The van der Waals surface area contributed by atoms with Crippen LogP contribution >= 0.6 is 0 Å². The third-order valence-electron chi connectivity index (χ3n) is 3.05. The highest BCUT2D eigenvalue weighted by molar-refractivity contribution is 5.45. The number of rotatable bonds is 2. The highest BCUT2D eigenvalue weighted by Crippen LogP contribution is 2.28. The van der Waals surface area contributed by atoms with Crippen LogP contribution in [0.1, 0.15) is 28.3 Å². The smallest absolute Gasteiger partial charge is 0.116 e. The van der Waals surface area contributed by atoms with E-state index in [1.165, 1.54) is 0 Å². The number of aromatic hydroxyl groups is 1. The second-order valence-electron chi connectivity index (χ2n) is 4.38. The molecule has 2 heteroatoms. The van der Waals surface area contributed by atoms with Crippen LogP contribution in [0.5, 0.6) is 5.75 Å². The van der Waals surface area contributed by atoms with Crippen molar-refractivity contribution in [3.63, 3.8) is 0 Å². The number of nitrogens with two attached hydrogens (primary N) is 1. The summed E-state index contributed by atoms with van der Waals surface area (Å²) in [5.74, 6) is 0.295. The van der Waals surface area contributed by atoms with E-state index in [2.05, 4.69) is 0 Å². The fraction of sp³-hybridized carbons (Fsp3) is 0.200. The van der Waals surface area contributed by atoms with Gasteiger partial charge in [-0.2, -0.15) is 0 Å². The van der Waals surface area contributed by atoms with Crippen LogP contribution in [0.25, 0.3) is 0 Å². The average molecular weight is 227 g/mol. The number of hydrogen-bond acceptors (Lipinski definition) is 2. The van der Waals surface area contributed by atoms with Gasteiger partial charge < -0.3 is 10.8 Å². The molecule has 88 valence electrons. The Bertz CT molecular complexity index is 497. The fourth-order valence-electron chi connectivity index (χ4n) is 2.27. The van der Waals surface area contributed by atoms with E-state index in [1.807, 2.05) is 44.2 Å². The van der Waals surface area contributed by atoms with E-state index >= 15 is 0 Å². The van der Waals surface area contributed by atoms with Crippen molar-refractivity contribution in [3.05, 3.63) is 64.7 Å². The van der Waals surface area contributed by atoms with Gasteiger partial charge in [-0.25, -0.2) is 0 Å². The number of benzene rings is 2. The zero-order valence-corrected chi connectivity index (χ0v) is 10.1. The molecule has 0 aliphatic heterocycles. The second-order valence-corrected chi connectivity index (χ2v) is 4.38. The zero-order valence-electron chi connectivity index (χ0n) is 10.1. The predicted octanol–water partition coefficient (Wildman–Crippen LogP) is 3.06.